The van der Waals surface area contributed by atoms with Gasteiger partial charge in [0.1, 0.15) is 5.39 Å². The average molecular weight is 391 g/mol. The van der Waals surface area contributed by atoms with Crippen molar-refractivity contribution in [1.82, 2.24) is 14.8 Å². The third kappa shape index (κ3) is 3.14. The van der Waals surface area contributed by atoms with E-state index in [4.69, 9.17) is 5.10 Å². The molecule has 3 aromatic rings. The quantitative estimate of drug-likeness (QED) is 0.591. The van der Waals surface area contributed by atoms with Crippen LogP contribution in [0.4, 0.5) is 11.5 Å². The monoisotopic (exact) mass is 391 g/mol. The lowest BCUT2D eigenvalue weighted by Crippen LogP contribution is -2.33. The Labute approximate surface area is 166 Å². The topological polar surface area (TPSA) is 124 Å². The summed E-state index contributed by atoms with van der Waals surface area (Å²) in [5.74, 6) is -0.263. The van der Waals surface area contributed by atoms with Gasteiger partial charge in [0.25, 0.3) is 5.56 Å². The summed E-state index contributed by atoms with van der Waals surface area (Å²) in [6.45, 7) is 3.73. The molecule has 1 aliphatic rings. The highest BCUT2D eigenvalue weighted by Gasteiger charge is 2.44. The molecule has 1 fully saturated rings. The van der Waals surface area contributed by atoms with E-state index in [1.165, 1.54) is 6.07 Å². The molecule has 1 saturated carbocycles. The standard InChI is InChI=1S/C21H21N5O3/c1-12-11-14(5-6-15(12)20(28)29)24-18-17-16(7-10-23-19(17)27)26(25-18)21(2,8-9-22)13-3-4-13/h5-7,10-11,13H,3-4,8H2,1-2H3,(H,23,27)(H,24,25)(H,28,29)/t21-/m0/s1. The maximum Gasteiger partial charge on any atom is 0.335 e. The van der Waals surface area contributed by atoms with Crippen LogP contribution in [-0.4, -0.2) is 25.8 Å². The predicted octanol–water partition coefficient (Wildman–Crippen LogP) is 3.51. The Bertz CT molecular complexity index is 1220. The maximum atomic E-state index is 12.6. The Hall–Kier alpha value is -3.60. The number of hydrogen-bond donors (Lipinski definition) is 3. The van der Waals surface area contributed by atoms with Gasteiger partial charge in [-0.05, 0) is 62.4 Å². The number of nitriles is 1. The number of benzene rings is 1. The fourth-order valence-corrected chi connectivity index (χ4v) is 3.93. The molecule has 148 valence electrons. The van der Waals surface area contributed by atoms with E-state index in [9.17, 15) is 20.0 Å². The van der Waals surface area contributed by atoms with Gasteiger partial charge in [-0.2, -0.15) is 10.4 Å². The molecular weight excluding hydrogens is 370 g/mol. The minimum absolute atomic E-state index is 0.221. The summed E-state index contributed by atoms with van der Waals surface area (Å²) in [5, 5.41) is 26.9. The van der Waals surface area contributed by atoms with Gasteiger partial charge in [0.2, 0.25) is 0 Å². The number of pyridine rings is 1. The number of anilines is 2. The lowest BCUT2D eigenvalue weighted by Gasteiger charge is -2.28. The van der Waals surface area contributed by atoms with Crippen molar-refractivity contribution >= 4 is 28.4 Å². The van der Waals surface area contributed by atoms with Crippen LogP contribution in [0.25, 0.3) is 10.9 Å². The molecule has 8 nitrogen and oxygen atoms in total. The van der Waals surface area contributed by atoms with Crippen molar-refractivity contribution in [1.29, 1.82) is 5.26 Å². The van der Waals surface area contributed by atoms with Gasteiger partial charge < -0.3 is 15.4 Å². The van der Waals surface area contributed by atoms with E-state index >= 15 is 0 Å². The second kappa shape index (κ2) is 6.78. The maximum absolute atomic E-state index is 12.6. The third-order valence-electron chi connectivity index (χ3n) is 5.70. The zero-order chi connectivity index (χ0) is 20.8. The van der Waals surface area contributed by atoms with Crippen molar-refractivity contribution in [3.63, 3.8) is 0 Å². The largest absolute Gasteiger partial charge is 0.478 e. The highest BCUT2D eigenvalue weighted by atomic mass is 16.4. The first kappa shape index (κ1) is 18.7. The molecule has 0 unspecified atom stereocenters. The summed E-state index contributed by atoms with van der Waals surface area (Å²) in [7, 11) is 0. The van der Waals surface area contributed by atoms with Crippen molar-refractivity contribution in [3.8, 4) is 6.07 Å². The Morgan fingerprint density at radius 3 is 2.83 bits per heavy atom. The number of aromatic amines is 1. The zero-order valence-corrected chi connectivity index (χ0v) is 16.2. The molecule has 1 aliphatic carbocycles. The summed E-state index contributed by atoms with van der Waals surface area (Å²) in [6.07, 6.45) is 3.94. The Morgan fingerprint density at radius 2 is 2.21 bits per heavy atom. The number of rotatable bonds is 6. The summed E-state index contributed by atoms with van der Waals surface area (Å²) in [4.78, 5) is 26.5. The summed E-state index contributed by atoms with van der Waals surface area (Å²) >= 11 is 0. The molecule has 0 radical (unpaired) electrons. The minimum atomic E-state index is -0.989. The Kier molecular flexibility index (Phi) is 4.38. The van der Waals surface area contributed by atoms with Crippen LogP contribution in [0.1, 0.15) is 42.1 Å². The molecule has 1 atom stereocenters. The Morgan fingerprint density at radius 1 is 1.45 bits per heavy atom. The van der Waals surface area contributed by atoms with Crippen LogP contribution in [0.15, 0.2) is 35.3 Å². The summed E-state index contributed by atoms with van der Waals surface area (Å²) in [5.41, 5.74) is 1.36. The fourth-order valence-electron chi connectivity index (χ4n) is 3.93. The molecule has 3 N–H and O–H groups in total. The van der Waals surface area contributed by atoms with Crippen molar-refractivity contribution in [2.45, 2.75) is 38.6 Å². The molecule has 2 aromatic heterocycles. The van der Waals surface area contributed by atoms with Crippen LogP contribution < -0.4 is 10.9 Å². The van der Waals surface area contributed by atoms with E-state index < -0.39 is 11.5 Å². The van der Waals surface area contributed by atoms with E-state index in [-0.39, 0.29) is 11.1 Å². The smallest absolute Gasteiger partial charge is 0.335 e. The number of carboxylic acid groups (broad SMARTS) is 1. The second-order valence-corrected chi connectivity index (χ2v) is 7.75. The van der Waals surface area contributed by atoms with Crippen LogP contribution in [0.3, 0.4) is 0 Å². The third-order valence-corrected chi connectivity index (χ3v) is 5.70. The normalized spacial score (nSPS) is 15.6. The number of aryl methyl sites for hydroxylation is 1. The number of H-pyrrole nitrogens is 1. The van der Waals surface area contributed by atoms with Gasteiger partial charge in [-0.1, -0.05) is 0 Å². The average Bonchev–Trinajstić information content (AvgIpc) is 3.45. The number of carbonyl (C=O) groups is 1. The molecule has 1 aromatic carbocycles. The van der Waals surface area contributed by atoms with E-state index in [1.807, 2.05) is 6.92 Å². The molecule has 2 heterocycles. The molecule has 0 bridgehead atoms. The van der Waals surface area contributed by atoms with Gasteiger partial charge in [-0.25, -0.2) is 4.79 Å². The first-order chi connectivity index (χ1) is 13.8. The highest BCUT2D eigenvalue weighted by Crippen LogP contribution is 2.47. The van der Waals surface area contributed by atoms with Crippen LogP contribution in [-0.2, 0) is 5.54 Å². The van der Waals surface area contributed by atoms with Gasteiger partial charge in [-0.15, -0.1) is 0 Å². The molecule has 0 saturated heterocycles. The first-order valence-electron chi connectivity index (χ1n) is 9.44. The first-order valence-corrected chi connectivity index (χ1v) is 9.44. The number of nitrogens with one attached hydrogen (secondary N) is 2. The fraction of sp³-hybridized carbons (Fsp3) is 0.333. The van der Waals surface area contributed by atoms with Gasteiger partial charge in [-0.3, -0.25) is 9.48 Å². The number of carboxylic acids is 1. The van der Waals surface area contributed by atoms with Crippen molar-refractivity contribution in [2.75, 3.05) is 5.32 Å². The van der Waals surface area contributed by atoms with Crippen molar-refractivity contribution < 1.29 is 9.90 Å². The van der Waals surface area contributed by atoms with Crippen molar-refractivity contribution in [3.05, 3.63) is 51.9 Å². The van der Waals surface area contributed by atoms with Crippen LogP contribution in [0.2, 0.25) is 0 Å². The molecular formula is C21H21N5O3. The summed E-state index contributed by atoms with van der Waals surface area (Å²) in [6, 6.07) is 8.94. The highest BCUT2D eigenvalue weighted by molar-refractivity contribution is 5.92. The molecule has 8 heteroatoms. The van der Waals surface area contributed by atoms with Crippen LogP contribution in [0.5, 0.6) is 0 Å². The predicted molar refractivity (Wildman–Crippen MR) is 108 cm³/mol. The molecule has 0 spiro atoms. The number of aromatic nitrogens is 3. The number of hydrogen-bond acceptors (Lipinski definition) is 5. The number of fused-ring (bicyclic) bond motifs is 1. The molecule has 0 aliphatic heterocycles. The van der Waals surface area contributed by atoms with Gasteiger partial charge in [0.15, 0.2) is 5.82 Å². The van der Waals surface area contributed by atoms with Gasteiger partial charge in [0, 0.05) is 11.9 Å². The number of aromatic carboxylic acids is 1. The molecule has 0 amide bonds. The van der Waals surface area contributed by atoms with Crippen LogP contribution >= 0.6 is 0 Å². The zero-order valence-electron chi connectivity index (χ0n) is 16.2. The molecule has 29 heavy (non-hydrogen) atoms. The van der Waals surface area contributed by atoms with Crippen molar-refractivity contribution in [2.24, 2.45) is 5.92 Å². The number of nitrogens with zero attached hydrogens (tertiary/aromatic N) is 3. The van der Waals surface area contributed by atoms with E-state index in [1.54, 1.807) is 36.0 Å². The molecule has 4 rings (SSSR count). The lowest BCUT2D eigenvalue weighted by molar-refractivity contribution is 0.0696. The van der Waals surface area contributed by atoms with Gasteiger partial charge in [0.05, 0.1) is 29.1 Å². The lowest BCUT2D eigenvalue weighted by atomic mass is 9.92. The van der Waals surface area contributed by atoms with Crippen LogP contribution in [0, 0.1) is 24.2 Å². The van der Waals surface area contributed by atoms with E-state index in [0.29, 0.717) is 40.3 Å². The Balaban J connectivity index is 1.84. The second-order valence-electron chi connectivity index (χ2n) is 7.75. The SMILES string of the molecule is Cc1cc(Nc2nn([C@@](C)(CC#N)C3CC3)c3cc[nH]c(=O)c23)ccc1C(=O)O. The summed E-state index contributed by atoms with van der Waals surface area (Å²) < 4.78 is 1.80. The minimum Gasteiger partial charge on any atom is -0.478 e. The van der Waals surface area contributed by atoms with Gasteiger partial charge >= 0.3 is 5.97 Å². The van der Waals surface area contributed by atoms with E-state index in [0.717, 1.165) is 12.8 Å². The van der Waals surface area contributed by atoms with E-state index in [2.05, 4.69) is 16.4 Å².